The molecule has 1 aromatic carbocycles. The van der Waals surface area contributed by atoms with E-state index in [0.29, 0.717) is 18.1 Å². The van der Waals surface area contributed by atoms with Gasteiger partial charge in [0.05, 0.1) is 0 Å². The quantitative estimate of drug-likeness (QED) is 0.768. The second kappa shape index (κ2) is 5.83. The Morgan fingerprint density at radius 3 is 2.68 bits per heavy atom. The Morgan fingerprint density at radius 1 is 1.42 bits per heavy atom. The molecule has 2 nitrogen and oxygen atoms in total. The van der Waals surface area contributed by atoms with Gasteiger partial charge in [-0.2, -0.15) is 0 Å². The Labute approximate surface area is 114 Å². The van der Waals surface area contributed by atoms with Crippen molar-refractivity contribution < 1.29 is 13.9 Å². The Hall–Kier alpha value is -1.22. The van der Waals surface area contributed by atoms with E-state index in [1.165, 1.54) is 12.1 Å². The van der Waals surface area contributed by atoms with E-state index in [-0.39, 0.29) is 11.6 Å². The van der Waals surface area contributed by atoms with E-state index in [1.807, 2.05) is 6.92 Å². The van der Waals surface area contributed by atoms with Crippen molar-refractivity contribution in [3.8, 4) is 0 Å². The van der Waals surface area contributed by atoms with Crippen LogP contribution in [0.5, 0.6) is 0 Å². The molecule has 1 aromatic rings. The van der Waals surface area contributed by atoms with E-state index in [0.717, 1.165) is 25.7 Å². The third-order valence-corrected chi connectivity index (χ3v) is 4.00. The van der Waals surface area contributed by atoms with Crippen molar-refractivity contribution in [2.75, 3.05) is 6.61 Å². The highest BCUT2D eigenvalue weighted by Gasteiger charge is 2.42. The van der Waals surface area contributed by atoms with Gasteiger partial charge in [0.15, 0.2) is 5.78 Å². The van der Waals surface area contributed by atoms with Gasteiger partial charge < -0.3 is 4.74 Å². The normalized spacial score (nSPS) is 27.2. The van der Waals surface area contributed by atoms with Crippen molar-refractivity contribution in [1.29, 1.82) is 0 Å². The van der Waals surface area contributed by atoms with Gasteiger partial charge in [0, 0.05) is 12.2 Å². The number of ketones is 1. The minimum atomic E-state index is -0.741. The lowest BCUT2D eigenvalue weighted by Crippen LogP contribution is -2.44. The average molecular weight is 264 g/mol. The summed E-state index contributed by atoms with van der Waals surface area (Å²) in [5.74, 6) is 0.191. The average Bonchev–Trinajstić information content (AvgIpc) is 2.41. The molecular weight excluding hydrogens is 243 g/mol. The molecule has 3 heteroatoms. The molecule has 0 heterocycles. The van der Waals surface area contributed by atoms with Crippen molar-refractivity contribution in [3.05, 3.63) is 35.6 Å². The zero-order valence-corrected chi connectivity index (χ0v) is 11.6. The number of benzene rings is 1. The molecule has 0 N–H and O–H groups in total. The topological polar surface area (TPSA) is 26.3 Å². The zero-order chi connectivity index (χ0) is 13.9. The largest absolute Gasteiger partial charge is 0.367 e. The van der Waals surface area contributed by atoms with E-state index < -0.39 is 5.60 Å². The molecule has 104 valence electrons. The van der Waals surface area contributed by atoms with Gasteiger partial charge in [0.25, 0.3) is 0 Å². The Balaban J connectivity index is 2.26. The molecule has 0 saturated heterocycles. The highest BCUT2D eigenvalue weighted by molar-refractivity contribution is 6.02. The molecule has 0 atom stereocenters. The van der Waals surface area contributed by atoms with E-state index in [2.05, 4.69) is 6.92 Å². The first-order chi connectivity index (χ1) is 9.07. The molecule has 0 spiro atoms. The number of carbonyl (C=O) groups is 1. The van der Waals surface area contributed by atoms with E-state index >= 15 is 0 Å². The molecule has 0 aliphatic heterocycles. The lowest BCUT2D eigenvalue weighted by Gasteiger charge is -2.37. The van der Waals surface area contributed by atoms with Crippen LogP contribution in [0.4, 0.5) is 4.39 Å². The minimum Gasteiger partial charge on any atom is -0.367 e. The minimum absolute atomic E-state index is 0.0687. The van der Waals surface area contributed by atoms with Crippen molar-refractivity contribution >= 4 is 5.78 Å². The van der Waals surface area contributed by atoms with Gasteiger partial charge >= 0.3 is 0 Å². The van der Waals surface area contributed by atoms with Crippen LogP contribution < -0.4 is 0 Å². The molecule has 19 heavy (non-hydrogen) atoms. The van der Waals surface area contributed by atoms with Gasteiger partial charge in [0.2, 0.25) is 0 Å². The third kappa shape index (κ3) is 3.03. The zero-order valence-electron chi connectivity index (χ0n) is 11.6. The van der Waals surface area contributed by atoms with Crippen LogP contribution >= 0.6 is 0 Å². The lowest BCUT2D eigenvalue weighted by atomic mass is 9.75. The van der Waals surface area contributed by atoms with Crippen LogP contribution in [0, 0.1) is 11.7 Å². The summed E-state index contributed by atoms with van der Waals surface area (Å²) in [6.45, 7) is 4.61. The summed E-state index contributed by atoms with van der Waals surface area (Å²) < 4.78 is 19.1. The van der Waals surface area contributed by atoms with Crippen LogP contribution in [0.15, 0.2) is 24.3 Å². The summed E-state index contributed by atoms with van der Waals surface area (Å²) >= 11 is 0. The fourth-order valence-corrected chi connectivity index (χ4v) is 2.83. The molecule has 0 amide bonds. The monoisotopic (exact) mass is 264 g/mol. The number of hydrogen-bond acceptors (Lipinski definition) is 2. The van der Waals surface area contributed by atoms with Crippen LogP contribution in [-0.4, -0.2) is 18.0 Å². The molecule has 0 unspecified atom stereocenters. The van der Waals surface area contributed by atoms with Gasteiger partial charge in [-0.25, -0.2) is 4.39 Å². The number of Topliss-reactive ketones (excluding diaryl/α,β-unsaturated/α-hetero) is 1. The SMILES string of the molecule is CCOC1(C(=O)c2cccc(F)c2)CCC(C)CC1. The van der Waals surface area contributed by atoms with Gasteiger partial charge in [-0.1, -0.05) is 19.1 Å². The first-order valence-electron chi connectivity index (χ1n) is 7.02. The van der Waals surface area contributed by atoms with E-state index in [1.54, 1.807) is 12.1 Å². The summed E-state index contributed by atoms with van der Waals surface area (Å²) in [4.78, 5) is 12.7. The fraction of sp³-hybridized carbons (Fsp3) is 0.562. The van der Waals surface area contributed by atoms with Crippen molar-refractivity contribution in [3.63, 3.8) is 0 Å². The summed E-state index contributed by atoms with van der Waals surface area (Å²) in [7, 11) is 0. The second-order valence-corrected chi connectivity index (χ2v) is 5.45. The maximum absolute atomic E-state index is 13.3. The number of ether oxygens (including phenoxy) is 1. The second-order valence-electron chi connectivity index (χ2n) is 5.45. The first-order valence-corrected chi connectivity index (χ1v) is 7.02. The van der Waals surface area contributed by atoms with E-state index in [4.69, 9.17) is 4.74 Å². The fourth-order valence-electron chi connectivity index (χ4n) is 2.83. The molecule has 1 aliphatic rings. The van der Waals surface area contributed by atoms with Gasteiger partial charge in [0.1, 0.15) is 11.4 Å². The molecule has 0 aromatic heterocycles. The molecule has 0 bridgehead atoms. The molecule has 1 fully saturated rings. The van der Waals surface area contributed by atoms with Crippen molar-refractivity contribution in [2.45, 2.75) is 45.1 Å². The van der Waals surface area contributed by atoms with Crippen LogP contribution in [0.2, 0.25) is 0 Å². The summed E-state index contributed by atoms with van der Waals surface area (Å²) in [5, 5.41) is 0. The highest BCUT2D eigenvalue weighted by Crippen LogP contribution is 2.37. The molecule has 0 radical (unpaired) electrons. The number of hydrogen-bond donors (Lipinski definition) is 0. The summed E-state index contributed by atoms with van der Waals surface area (Å²) in [6.07, 6.45) is 3.44. The maximum Gasteiger partial charge on any atom is 0.194 e. The van der Waals surface area contributed by atoms with Crippen LogP contribution in [0.3, 0.4) is 0 Å². The molecule has 1 saturated carbocycles. The predicted octanol–water partition coefficient (Wildman–Crippen LogP) is 3.99. The number of halogens is 1. The number of rotatable bonds is 4. The Kier molecular flexibility index (Phi) is 4.35. The summed E-state index contributed by atoms with van der Waals surface area (Å²) in [6, 6.07) is 5.91. The van der Waals surface area contributed by atoms with Gasteiger partial charge in [-0.3, -0.25) is 4.79 Å². The highest BCUT2D eigenvalue weighted by atomic mass is 19.1. The van der Waals surface area contributed by atoms with Crippen molar-refractivity contribution in [1.82, 2.24) is 0 Å². The smallest absolute Gasteiger partial charge is 0.194 e. The van der Waals surface area contributed by atoms with Crippen LogP contribution in [0.1, 0.15) is 49.9 Å². The molecular formula is C16H21FO2. The Morgan fingerprint density at radius 2 is 2.11 bits per heavy atom. The Bertz CT molecular complexity index is 448. The third-order valence-electron chi connectivity index (χ3n) is 4.00. The molecule has 1 aliphatic carbocycles. The van der Waals surface area contributed by atoms with Gasteiger partial charge in [-0.15, -0.1) is 0 Å². The summed E-state index contributed by atoms with van der Waals surface area (Å²) in [5.41, 5.74) is -0.322. The molecule has 2 rings (SSSR count). The van der Waals surface area contributed by atoms with E-state index in [9.17, 15) is 9.18 Å². The number of carbonyl (C=O) groups excluding carboxylic acids is 1. The predicted molar refractivity (Wildman–Crippen MR) is 72.7 cm³/mol. The lowest BCUT2D eigenvalue weighted by molar-refractivity contribution is -0.0474. The van der Waals surface area contributed by atoms with Gasteiger partial charge in [-0.05, 0) is 50.7 Å². The van der Waals surface area contributed by atoms with Crippen LogP contribution in [-0.2, 0) is 4.74 Å². The standard InChI is InChI=1S/C16H21FO2/c1-3-19-16(9-7-12(2)8-10-16)15(18)13-5-4-6-14(17)11-13/h4-6,11-12H,3,7-10H2,1-2H3. The first kappa shape index (κ1) is 14.2. The maximum atomic E-state index is 13.3. The van der Waals surface area contributed by atoms with Crippen LogP contribution in [0.25, 0.3) is 0 Å². The van der Waals surface area contributed by atoms with Crippen molar-refractivity contribution in [2.24, 2.45) is 5.92 Å².